The molecule has 0 bridgehead atoms. The van der Waals surface area contributed by atoms with E-state index in [1.54, 1.807) is 11.3 Å². The molecule has 0 aromatic carbocycles. The molecule has 1 fully saturated rings. The molecule has 24 heavy (non-hydrogen) atoms. The Labute approximate surface area is 151 Å². The number of likely N-dealkylation sites (tertiary alicyclic amines) is 1. The van der Waals surface area contributed by atoms with Gasteiger partial charge in [-0.25, -0.2) is 4.98 Å². The monoisotopic (exact) mass is 351 g/mol. The Morgan fingerprint density at radius 1 is 1.42 bits per heavy atom. The van der Waals surface area contributed by atoms with Crippen molar-refractivity contribution in [3.05, 3.63) is 16.1 Å². The minimum absolute atomic E-state index is 0.746. The molecule has 1 aliphatic rings. The summed E-state index contributed by atoms with van der Waals surface area (Å²) in [5.74, 6) is 0.927. The van der Waals surface area contributed by atoms with Crippen molar-refractivity contribution in [3.8, 4) is 0 Å². The van der Waals surface area contributed by atoms with Crippen molar-refractivity contribution in [3.63, 3.8) is 0 Å². The van der Waals surface area contributed by atoms with Crippen LogP contribution in [0.3, 0.4) is 0 Å². The molecule has 1 aliphatic heterocycles. The third-order valence-corrected chi connectivity index (χ3v) is 5.32. The molecular weight excluding hydrogens is 318 g/mol. The lowest BCUT2D eigenvalue weighted by molar-refractivity contribution is 0.160. The van der Waals surface area contributed by atoms with Crippen LogP contribution in [0.15, 0.2) is 10.4 Å². The number of rotatable bonds is 8. The zero-order chi connectivity index (χ0) is 17.2. The number of hydrogen-bond donors (Lipinski definition) is 2. The van der Waals surface area contributed by atoms with Crippen LogP contribution in [0.2, 0.25) is 0 Å². The van der Waals surface area contributed by atoms with Crippen LogP contribution in [0.5, 0.6) is 0 Å². The molecule has 1 atom stereocenters. The van der Waals surface area contributed by atoms with Crippen LogP contribution in [-0.4, -0.2) is 54.6 Å². The number of hydrogen-bond acceptors (Lipinski definition) is 4. The number of nitrogens with zero attached hydrogens (tertiary/aromatic N) is 3. The third-order valence-electron chi connectivity index (χ3n) is 4.50. The summed E-state index contributed by atoms with van der Waals surface area (Å²) >= 11 is 1.71. The number of aryl methyl sites for hydroxylation is 1. The minimum Gasteiger partial charge on any atom is -0.357 e. The van der Waals surface area contributed by atoms with Crippen LogP contribution in [0.4, 0.5) is 0 Å². The van der Waals surface area contributed by atoms with Crippen molar-refractivity contribution in [1.29, 1.82) is 0 Å². The fraction of sp³-hybridized carbons (Fsp3) is 0.778. The summed E-state index contributed by atoms with van der Waals surface area (Å²) in [4.78, 5) is 11.8. The van der Waals surface area contributed by atoms with Crippen LogP contribution < -0.4 is 10.6 Å². The van der Waals surface area contributed by atoms with E-state index in [-0.39, 0.29) is 0 Å². The zero-order valence-corrected chi connectivity index (χ0v) is 16.3. The van der Waals surface area contributed by atoms with Gasteiger partial charge in [0.2, 0.25) is 0 Å². The summed E-state index contributed by atoms with van der Waals surface area (Å²) in [6, 6.07) is 0.746. The van der Waals surface area contributed by atoms with Gasteiger partial charge in [0.25, 0.3) is 0 Å². The van der Waals surface area contributed by atoms with Gasteiger partial charge >= 0.3 is 0 Å². The van der Waals surface area contributed by atoms with E-state index in [0.717, 1.165) is 49.5 Å². The summed E-state index contributed by atoms with van der Waals surface area (Å²) in [6.45, 7) is 11.6. The minimum atomic E-state index is 0.746. The van der Waals surface area contributed by atoms with E-state index in [1.807, 2.05) is 0 Å². The third kappa shape index (κ3) is 6.77. The second-order valence-electron chi connectivity index (χ2n) is 6.53. The number of guanidine groups is 1. The van der Waals surface area contributed by atoms with Crippen molar-refractivity contribution >= 4 is 17.3 Å². The summed E-state index contributed by atoms with van der Waals surface area (Å²) in [5, 5.41) is 10.0. The van der Waals surface area contributed by atoms with Gasteiger partial charge in [-0.05, 0) is 46.6 Å². The summed E-state index contributed by atoms with van der Waals surface area (Å²) in [7, 11) is 0. The predicted octanol–water partition coefficient (Wildman–Crippen LogP) is 2.81. The van der Waals surface area contributed by atoms with E-state index >= 15 is 0 Å². The lowest BCUT2D eigenvalue weighted by Gasteiger charge is -2.33. The van der Waals surface area contributed by atoms with Crippen LogP contribution in [0, 0.1) is 6.92 Å². The molecule has 1 unspecified atom stereocenters. The lowest BCUT2D eigenvalue weighted by atomic mass is 10.0. The number of piperidine rings is 1. The smallest absolute Gasteiger partial charge is 0.191 e. The Kier molecular flexibility index (Phi) is 8.53. The lowest BCUT2D eigenvalue weighted by Crippen LogP contribution is -2.39. The first-order valence-corrected chi connectivity index (χ1v) is 10.2. The maximum absolute atomic E-state index is 4.71. The van der Waals surface area contributed by atoms with E-state index in [0.29, 0.717) is 0 Å². The van der Waals surface area contributed by atoms with Crippen LogP contribution >= 0.6 is 11.3 Å². The predicted molar refractivity (Wildman–Crippen MR) is 104 cm³/mol. The summed E-state index contributed by atoms with van der Waals surface area (Å²) < 4.78 is 0. The van der Waals surface area contributed by atoms with Gasteiger partial charge in [0.1, 0.15) is 0 Å². The number of aromatic nitrogens is 1. The van der Waals surface area contributed by atoms with Crippen molar-refractivity contribution in [2.24, 2.45) is 4.99 Å². The number of aliphatic imine (C=N–C) groups is 1. The second-order valence-corrected chi connectivity index (χ2v) is 7.59. The normalized spacial score (nSPS) is 19.5. The molecule has 0 amide bonds. The molecule has 1 aromatic rings. The van der Waals surface area contributed by atoms with Crippen molar-refractivity contribution in [2.75, 3.05) is 32.7 Å². The highest BCUT2D eigenvalue weighted by Gasteiger charge is 2.16. The quantitative estimate of drug-likeness (QED) is 0.430. The molecule has 0 saturated carbocycles. The Balaban J connectivity index is 1.67. The van der Waals surface area contributed by atoms with E-state index in [4.69, 9.17) is 4.99 Å². The molecule has 2 N–H and O–H groups in total. The molecule has 0 radical (unpaired) electrons. The Hall–Kier alpha value is -1.14. The van der Waals surface area contributed by atoms with Gasteiger partial charge in [-0.2, -0.15) is 0 Å². The SMILES string of the molecule is CCNC(=NCCCN1CCCCC1C)NCCc1csc(C)n1. The summed E-state index contributed by atoms with van der Waals surface area (Å²) in [5.41, 5.74) is 1.17. The molecule has 0 spiro atoms. The van der Waals surface area contributed by atoms with E-state index in [1.165, 1.54) is 38.0 Å². The molecule has 136 valence electrons. The summed E-state index contributed by atoms with van der Waals surface area (Å²) in [6.07, 6.45) is 6.17. The van der Waals surface area contributed by atoms with Crippen LogP contribution in [-0.2, 0) is 6.42 Å². The van der Waals surface area contributed by atoms with E-state index < -0.39 is 0 Å². The average Bonchev–Trinajstić information content (AvgIpc) is 2.98. The van der Waals surface area contributed by atoms with Crippen LogP contribution in [0.1, 0.15) is 50.2 Å². The van der Waals surface area contributed by atoms with Crippen molar-refractivity contribution in [1.82, 2.24) is 20.5 Å². The number of nitrogens with one attached hydrogen (secondary N) is 2. The highest BCUT2D eigenvalue weighted by Crippen LogP contribution is 2.16. The maximum atomic E-state index is 4.71. The molecule has 5 nitrogen and oxygen atoms in total. The first-order valence-electron chi connectivity index (χ1n) is 9.36. The second kappa shape index (κ2) is 10.7. The van der Waals surface area contributed by atoms with Gasteiger partial charge < -0.3 is 15.5 Å². The van der Waals surface area contributed by atoms with Crippen LogP contribution in [0.25, 0.3) is 0 Å². The Morgan fingerprint density at radius 2 is 2.29 bits per heavy atom. The van der Waals surface area contributed by atoms with Gasteiger partial charge in [0.15, 0.2) is 5.96 Å². The fourth-order valence-electron chi connectivity index (χ4n) is 3.13. The highest BCUT2D eigenvalue weighted by atomic mass is 32.1. The first kappa shape index (κ1) is 19.2. The Bertz CT molecular complexity index is 499. The van der Waals surface area contributed by atoms with E-state index in [2.05, 4.69) is 46.7 Å². The first-order chi connectivity index (χ1) is 11.7. The largest absolute Gasteiger partial charge is 0.357 e. The van der Waals surface area contributed by atoms with Gasteiger partial charge in [-0.3, -0.25) is 4.99 Å². The van der Waals surface area contributed by atoms with Gasteiger partial charge in [-0.1, -0.05) is 6.42 Å². The standard InChI is InChI=1S/C18H33N5S/c1-4-19-18(21-11-9-17-14-24-16(3)22-17)20-10-7-13-23-12-6-5-8-15(23)2/h14-15H,4-13H2,1-3H3,(H2,19,20,21). The molecule has 2 heterocycles. The van der Waals surface area contributed by atoms with Crippen molar-refractivity contribution in [2.45, 2.75) is 58.9 Å². The molecule has 1 aromatic heterocycles. The number of thiazole rings is 1. The maximum Gasteiger partial charge on any atom is 0.191 e. The molecule has 2 rings (SSSR count). The topological polar surface area (TPSA) is 52.6 Å². The molecule has 1 saturated heterocycles. The van der Waals surface area contributed by atoms with Gasteiger partial charge in [0, 0.05) is 44.0 Å². The average molecular weight is 352 g/mol. The van der Waals surface area contributed by atoms with Gasteiger partial charge in [0.05, 0.1) is 10.7 Å². The highest BCUT2D eigenvalue weighted by molar-refractivity contribution is 7.09. The van der Waals surface area contributed by atoms with Gasteiger partial charge in [-0.15, -0.1) is 11.3 Å². The zero-order valence-electron chi connectivity index (χ0n) is 15.5. The molecular formula is C18H33N5S. The Morgan fingerprint density at radius 3 is 3.00 bits per heavy atom. The van der Waals surface area contributed by atoms with E-state index in [9.17, 15) is 0 Å². The molecule has 0 aliphatic carbocycles. The molecule has 6 heteroatoms. The van der Waals surface area contributed by atoms with Crippen molar-refractivity contribution < 1.29 is 0 Å². The fourth-order valence-corrected chi connectivity index (χ4v) is 3.78.